The van der Waals surface area contributed by atoms with Crippen molar-refractivity contribution >= 4 is 45.5 Å². The predicted octanol–water partition coefficient (Wildman–Crippen LogP) is 3.41. The minimum atomic E-state index is -0.475. The molecule has 0 bridgehead atoms. The van der Waals surface area contributed by atoms with E-state index in [0.717, 1.165) is 0 Å². The van der Waals surface area contributed by atoms with Crippen LogP contribution in [0.3, 0.4) is 0 Å². The van der Waals surface area contributed by atoms with E-state index in [1.165, 1.54) is 23.5 Å². The van der Waals surface area contributed by atoms with E-state index in [1.807, 2.05) is 0 Å². The summed E-state index contributed by atoms with van der Waals surface area (Å²) in [5.74, 6) is -0.884. The molecule has 0 aliphatic heterocycles. The van der Waals surface area contributed by atoms with Gasteiger partial charge in [0.1, 0.15) is 5.00 Å². The van der Waals surface area contributed by atoms with Crippen LogP contribution in [0.2, 0.25) is 5.02 Å². The number of hydrogen-bond acceptors (Lipinski definition) is 5. The lowest BCUT2D eigenvalue weighted by Gasteiger charge is -2.07. The molecule has 1 aromatic heterocycles. The number of rotatable bonds is 4. The van der Waals surface area contributed by atoms with Gasteiger partial charge in [0, 0.05) is 5.69 Å². The van der Waals surface area contributed by atoms with Crippen molar-refractivity contribution in [2.24, 2.45) is 0 Å². The Hall–Kier alpha value is -2.05. The van der Waals surface area contributed by atoms with Crippen LogP contribution in [-0.4, -0.2) is 18.5 Å². The molecule has 21 heavy (non-hydrogen) atoms. The second-order valence-electron chi connectivity index (χ2n) is 4.08. The zero-order chi connectivity index (χ0) is 15.4. The zero-order valence-corrected chi connectivity index (χ0v) is 12.8. The number of nitrogen functional groups attached to an aromatic ring is 1. The normalized spacial score (nSPS) is 10.2. The Bertz CT molecular complexity index is 685. The van der Waals surface area contributed by atoms with E-state index in [4.69, 9.17) is 22.1 Å². The molecule has 1 aromatic carbocycles. The topological polar surface area (TPSA) is 81.4 Å². The van der Waals surface area contributed by atoms with Gasteiger partial charge in [-0.15, -0.1) is 11.3 Å². The fourth-order valence-corrected chi connectivity index (χ4v) is 2.71. The number of benzene rings is 1. The first-order chi connectivity index (χ1) is 10.0. The van der Waals surface area contributed by atoms with E-state index in [2.05, 4.69) is 5.32 Å². The van der Waals surface area contributed by atoms with Gasteiger partial charge in [-0.2, -0.15) is 0 Å². The van der Waals surface area contributed by atoms with Crippen LogP contribution in [0.1, 0.15) is 27.6 Å². The van der Waals surface area contributed by atoms with Crippen molar-refractivity contribution in [3.05, 3.63) is 45.8 Å². The summed E-state index contributed by atoms with van der Waals surface area (Å²) in [5, 5.41) is 5.03. The maximum Gasteiger partial charge on any atom is 0.341 e. The molecule has 1 amide bonds. The summed E-state index contributed by atoms with van der Waals surface area (Å²) >= 11 is 7.22. The quantitative estimate of drug-likeness (QED) is 0.667. The van der Waals surface area contributed by atoms with Crippen molar-refractivity contribution in [2.75, 3.05) is 17.7 Å². The lowest BCUT2D eigenvalue weighted by Crippen LogP contribution is -2.14. The van der Waals surface area contributed by atoms with Crippen LogP contribution in [0, 0.1) is 0 Å². The monoisotopic (exact) mass is 324 g/mol. The number of ether oxygens (including phenoxy) is 1. The first-order valence-corrected chi connectivity index (χ1v) is 7.39. The van der Waals surface area contributed by atoms with Gasteiger partial charge in [-0.05, 0) is 36.6 Å². The second kappa shape index (κ2) is 6.60. The van der Waals surface area contributed by atoms with Gasteiger partial charge in [0.2, 0.25) is 0 Å². The van der Waals surface area contributed by atoms with E-state index >= 15 is 0 Å². The molecule has 7 heteroatoms. The van der Waals surface area contributed by atoms with Crippen molar-refractivity contribution in [1.82, 2.24) is 0 Å². The minimum absolute atomic E-state index is 0.252. The highest BCUT2D eigenvalue weighted by molar-refractivity contribution is 7.14. The zero-order valence-electron chi connectivity index (χ0n) is 11.2. The van der Waals surface area contributed by atoms with E-state index in [1.54, 1.807) is 24.4 Å². The van der Waals surface area contributed by atoms with Crippen LogP contribution in [-0.2, 0) is 4.74 Å². The van der Waals surface area contributed by atoms with Crippen molar-refractivity contribution in [1.29, 1.82) is 0 Å². The van der Waals surface area contributed by atoms with Gasteiger partial charge in [-0.25, -0.2) is 4.79 Å². The fraction of sp³-hybridized carbons (Fsp3) is 0.143. The molecule has 2 aromatic rings. The molecule has 0 saturated heterocycles. The molecule has 3 N–H and O–H groups in total. The molecule has 0 radical (unpaired) electrons. The number of hydrogen-bond donors (Lipinski definition) is 2. The second-order valence-corrected chi connectivity index (χ2v) is 5.40. The molecular weight excluding hydrogens is 312 g/mol. The van der Waals surface area contributed by atoms with E-state index in [-0.39, 0.29) is 17.2 Å². The molecule has 0 aliphatic rings. The summed E-state index contributed by atoms with van der Waals surface area (Å²) < 4.78 is 4.93. The molecule has 0 saturated carbocycles. The first-order valence-electron chi connectivity index (χ1n) is 6.14. The predicted molar refractivity (Wildman–Crippen MR) is 84.1 cm³/mol. The number of nitrogens with one attached hydrogen (secondary N) is 1. The van der Waals surface area contributed by atoms with Crippen LogP contribution in [0.4, 0.5) is 10.7 Å². The Balaban J connectivity index is 2.20. The van der Waals surface area contributed by atoms with Gasteiger partial charge in [0.05, 0.1) is 22.8 Å². The van der Waals surface area contributed by atoms with Gasteiger partial charge in [-0.1, -0.05) is 11.6 Å². The molecule has 0 atom stereocenters. The number of halogens is 1. The summed E-state index contributed by atoms with van der Waals surface area (Å²) in [4.78, 5) is 23.9. The van der Waals surface area contributed by atoms with E-state index < -0.39 is 11.9 Å². The van der Waals surface area contributed by atoms with Crippen LogP contribution in [0.5, 0.6) is 0 Å². The molecule has 0 unspecified atom stereocenters. The molecule has 0 aliphatic carbocycles. The molecule has 2 rings (SSSR count). The highest BCUT2D eigenvalue weighted by Gasteiger charge is 2.18. The number of esters is 1. The standard InChI is InChI=1S/C14H13ClN2O3S/c1-2-20-14(19)10-5-6-21-13(10)17-12(18)9-4-3-8(16)7-11(9)15/h3-7H,2,16H2,1H3,(H,17,18). The smallest absolute Gasteiger partial charge is 0.341 e. The van der Waals surface area contributed by atoms with Crippen molar-refractivity contribution < 1.29 is 14.3 Å². The van der Waals surface area contributed by atoms with Gasteiger partial charge in [-0.3, -0.25) is 4.79 Å². The Labute approximate surface area is 130 Å². The summed E-state index contributed by atoms with van der Waals surface area (Å²) in [6.07, 6.45) is 0. The van der Waals surface area contributed by atoms with Gasteiger partial charge >= 0.3 is 5.97 Å². The average Bonchev–Trinajstić information content (AvgIpc) is 2.87. The number of amides is 1. The van der Waals surface area contributed by atoms with Crippen molar-refractivity contribution in [3.8, 4) is 0 Å². The summed E-state index contributed by atoms with van der Waals surface area (Å²) in [5.41, 5.74) is 6.66. The van der Waals surface area contributed by atoms with Crippen LogP contribution in [0.15, 0.2) is 29.6 Å². The molecular formula is C14H13ClN2O3S. The van der Waals surface area contributed by atoms with Gasteiger partial charge < -0.3 is 15.8 Å². The van der Waals surface area contributed by atoms with Crippen molar-refractivity contribution in [3.63, 3.8) is 0 Å². The lowest BCUT2D eigenvalue weighted by atomic mass is 10.2. The SMILES string of the molecule is CCOC(=O)c1ccsc1NC(=O)c1ccc(N)cc1Cl. The average molecular weight is 325 g/mol. The highest BCUT2D eigenvalue weighted by Crippen LogP contribution is 2.26. The number of anilines is 2. The first kappa shape index (κ1) is 15.3. The number of nitrogens with two attached hydrogens (primary N) is 1. The molecule has 0 fully saturated rings. The van der Waals surface area contributed by atoms with Crippen LogP contribution in [0.25, 0.3) is 0 Å². The van der Waals surface area contributed by atoms with Gasteiger partial charge in [0.15, 0.2) is 0 Å². The minimum Gasteiger partial charge on any atom is -0.462 e. The van der Waals surface area contributed by atoms with E-state index in [9.17, 15) is 9.59 Å². The third-order valence-electron chi connectivity index (χ3n) is 2.63. The Kier molecular flexibility index (Phi) is 4.82. The summed E-state index contributed by atoms with van der Waals surface area (Å²) in [6.45, 7) is 1.99. The number of thiophene rings is 1. The summed E-state index contributed by atoms with van der Waals surface area (Å²) in [6, 6.07) is 6.21. The summed E-state index contributed by atoms with van der Waals surface area (Å²) in [7, 11) is 0. The van der Waals surface area contributed by atoms with E-state index in [0.29, 0.717) is 16.3 Å². The molecule has 1 heterocycles. The highest BCUT2D eigenvalue weighted by atomic mass is 35.5. The fourth-order valence-electron chi connectivity index (χ4n) is 1.66. The van der Waals surface area contributed by atoms with Crippen LogP contribution >= 0.6 is 22.9 Å². The van der Waals surface area contributed by atoms with Gasteiger partial charge in [0.25, 0.3) is 5.91 Å². The van der Waals surface area contributed by atoms with Crippen molar-refractivity contribution in [2.45, 2.75) is 6.92 Å². The maximum absolute atomic E-state index is 12.2. The number of carbonyl (C=O) groups is 2. The Morgan fingerprint density at radius 2 is 2.10 bits per heavy atom. The number of carbonyl (C=O) groups excluding carboxylic acids is 2. The largest absolute Gasteiger partial charge is 0.462 e. The molecule has 110 valence electrons. The Morgan fingerprint density at radius 1 is 1.33 bits per heavy atom. The Morgan fingerprint density at radius 3 is 2.76 bits per heavy atom. The molecule has 5 nitrogen and oxygen atoms in total. The third kappa shape index (κ3) is 3.53. The van der Waals surface area contributed by atoms with Crippen LogP contribution < -0.4 is 11.1 Å². The lowest BCUT2D eigenvalue weighted by molar-refractivity contribution is 0.0528. The third-order valence-corrected chi connectivity index (χ3v) is 3.77. The maximum atomic E-state index is 12.2. The molecule has 0 spiro atoms.